The van der Waals surface area contributed by atoms with Crippen LogP contribution in [0.1, 0.15) is 127 Å². The minimum absolute atomic E-state index is 0.00141. The van der Waals surface area contributed by atoms with Crippen molar-refractivity contribution in [2.45, 2.75) is 122 Å². The van der Waals surface area contributed by atoms with Gasteiger partial charge < -0.3 is 39.9 Å². The van der Waals surface area contributed by atoms with Gasteiger partial charge in [-0.25, -0.2) is 19.6 Å². The van der Waals surface area contributed by atoms with Crippen molar-refractivity contribution in [2.24, 2.45) is 17.8 Å². The summed E-state index contributed by atoms with van der Waals surface area (Å²) >= 11 is 0. The van der Waals surface area contributed by atoms with Crippen LogP contribution >= 0.6 is 0 Å². The number of fused-ring (bicyclic) bond motifs is 6. The third-order valence-electron chi connectivity index (χ3n) is 14.6. The number of aromatic amines is 2. The third kappa shape index (κ3) is 8.13. The Hall–Kier alpha value is -6.18. The molecule has 4 aliphatic rings. The maximum Gasteiger partial charge on any atom is 0.407 e. The molecule has 3 fully saturated rings. The molecule has 342 valence electrons. The first-order valence-electron chi connectivity index (χ1n) is 23.4. The highest BCUT2D eigenvalue weighted by molar-refractivity contribution is 5.89. The van der Waals surface area contributed by atoms with Crippen LogP contribution in [0.3, 0.4) is 0 Å². The van der Waals surface area contributed by atoms with Crippen molar-refractivity contribution >= 4 is 35.0 Å². The average Bonchev–Trinajstić information content (AvgIpc) is 4.17. The molecule has 4 unspecified atom stereocenters. The molecule has 9 rings (SSSR count). The van der Waals surface area contributed by atoms with Crippen LogP contribution in [0.2, 0.25) is 0 Å². The van der Waals surface area contributed by atoms with Gasteiger partial charge >= 0.3 is 12.2 Å². The first-order valence-corrected chi connectivity index (χ1v) is 23.4. The Morgan fingerprint density at radius 3 is 1.92 bits per heavy atom. The molecule has 2 saturated heterocycles. The predicted octanol–water partition coefficient (Wildman–Crippen LogP) is 9.37. The fraction of sp³-hybridized carbons (Fsp3) is 0.490. The summed E-state index contributed by atoms with van der Waals surface area (Å²) in [6, 6.07) is 17.9. The van der Waals surface area contributed by atoms with Gasteiger partial charge in [0.2, 0.25) is 11.8 Å². The number of nitrogens with one attached hydrogen (secondary N) is 4. The van der Waals surface area contributed by atoms with Gasteiger partial charge in [0.25, 0.3) is 0 Å². The van der Waals surface area contributed by atoms with Gasteiger partial charge in [-0.3, -0.25) is 9.59 Å². The van der Waals surface area contributed by atoms with Crippen molar-refractivity contribution < 1.29 is 28.7 Å². The predicted molar refractivity (Wildman–Crippen MR) is 249 cm³/mol. The number of nitrogens with zero attached hydrogens (tertiary/aromatic N) is 4. The van der Waals surface area contributed by atoms with Crippen molar-refractivity contribution in [3.63, 3.8) is 0 Å². The van der Waals surface area contributed by atoms with Gasteiger partial charge in [-0.05, 0) is 126 Å². The normalized spacial score (nSPS) is 23.3. The minimum Gasteiger partial charge on any atom is -0.453 e. The fourth-order valence-corrected chi connectivity index (χ4v) is 11.3. The molecular formula is C51H62N8O6. The standard InChI is InChI=1S/C51H62N8O6/c1-26(2)44(56-50(62)64-7)48(60)58-25-28(5)21-41(58)46-52-24-39(55-46)31-12-10-30(11-13-31)35-17-18-36(43-34-15-14-33(22-34)42(35)43)32-16-19-37-38(23-32)54-47(53-37)40-20-9-29(6)59(40)49(61)45(27(3)4)57-51(63)65-8/h10-13,16-19,23-24,26-29,33-34,40-41,44-45H,9,14-15,20-22,25H2,1-8H3,(H,52,55)(H,53,54)(H,56,62)(H,57,63)/t28-,29-,33?,34?,40-,41-,44?,45?/m0/s1. The first kappa shape index (κ1) is 44.0. The summed E-state index contributed by atoms with van der Waals surface area (Å²) in [6.45, 7) is 12.5. The maximum absolute atomic E-state index is 14.0. The van der Waals surface area contributed by atoms with E-state index in [4.69, 9.17) is 19.4 Å². The average molecular weight is 883 g/mol. The smallest absolute Gasteiger partial charge is 0.407 e. The summed E-state index contributed by atoms with van der Waals surface area (Å²) in [5.74, 6) is 2.35. The molecule has 14 nitrogen and oxygen atoms in total. The number of benzene rings is 3. The zero-order valence-corrected chi connectivity index (χ0v) is 38.7. The van der Waals surface area contributed by atoms with Crippen LogP contribution in [0, 0.1) is 17.8 Å². The molecule has 2 bridgehead atoms. The van der Waals surface area contributed by atoms with Crippen LogP contribution in [-0.4, -0.2) is 92.6 Å². The zero-order valence-electron chi connectivity index (χ0n) is 38.7. The Bertz CT molecular complexity index is 2620. The number of ether oxygens (including phenoxy) is 2. The van der Waals surface area contributed by atoms with Crippen LogP contribution in [0.5, 0.6) is 0 Å². The number of H-pyrrole nitrogens is 2. The Kier molecular flexibility index (Phi) is 12.0. The summed E-state index contributed by atoms with van der Waals surface area (Å²) < 4.78 is 9.66. The molecular weight excluding hydrogens is 821 g/mol. The zero-order chi connectivity index (χ0) is 45.8. The van der Waals surface area contributed by atoms with E-state index in [2.05, 4.69) is 89.0 Å². The van der Waals surface area contributed by atoms with Gasteiger partial charge in [-0.15, -0.1) is 0 Å². The van der Waals surface area contributed by atoms with Crippen LogP contribution in [0.4, 0.5) is 9.59 Å². The summed E-state index contributed by atoms with van der Waals surface area (Å²) in [5, 5.41) is 5.50. The van der Waals surface area contributed by atoms with Gasteiger partial charge in [0.15, 0.2) is 0 Å². The van der Waals surface area contributed by atoms with Gasteiger partial charge in [0, 0.05) is 12.6 Å². The van der Waals surface area contributed by atoms with Crippen molar-refractivity contribution in [3.05, 3.63) is 83.6 Å². The van der Waals surface area contributed by atoms with E-state index in [1.165, 1.54) is 61.3 Å². The van der Waals surface area contributed by atoms with Gasteiger partial charge in [-0.1, -0.05) is 77.1 Å². The molecule has 2 aromatic heterocycles. The molecule has 4 N–H and O–H groups in total. The topological polar surface area (TPSA) is 175 Å². The molecule has 65 heavy (non-hydrogen) atoms. The van der Waals surface area contributed by atoms with E-state index in [-0.39, 0.29) is 47.7 Å². The highest BCUT2D eigenvalue weighted by Crippen LogP contribution is 2.58. The van der Waals surface area contributed by atoms with Crippen molar-refractivity contribution in [1.82, 2.24) is 40.4 Å². The van der Waals surface area contributed by atoms with Gasteiger partial charge in [-0.2, -0.15) is 0 Å². The van der Waals surface area contributed by atoms with E-state index in [1.54, 1.807) is 0 Å². The summed E-state index contributed by atoms with van der Waals surface area (Å²) in [4.78, 5) is 72.9. The Morgan fingerprint density at radius 1 is 0.692 bits per heavy atom. The molecule has 4 amide bonds. The largest absolute Gasteiger partial charge is 0.453 e. The number of rotatable bonds is 11. The second kappa shape index (κ2) is 17.7. The summed E-state index contributed by atoms with van der Waals surface area (Å²) in [7, 11) is 2.61. The molecule has 1 saturated carbocycles. The molecule has 2 aliphatic carbocycles. The molecule has 0 spiro atoms. The Balaban J connectivity index is 0.960. The molecule has 2 aliphatic heterocycles. The van der Waals surface area contributed by atoms with Crippen LogP contribution < -0.4 is 10.6 Å². The second-order valence-corrected chi connectivity index (χ2v) is 19.6. The number of hydrogen-bond donors (Lipinski definition) is 4. The third-order valence-corrected chi connectivity index (χ3v) is 14.6. The number of hydrogen-bond acceptors (Lipinski definition) is 8. The van der Waals surface area contributed by atoms with Gasteiger partial charge in [0.05, 0.1) is 49.2 Å². The highest BCUT2D eigenvalue weighted by Gasteiger charge is 2.43. The SMILES string of the molecule is COC(=O)NC(C(=O)N1C[C@@H](C)C[C@H]1c1ncc(-c2ccc(-c3ccc(-c4ccc5nc([C@@H]6CC[C@H](C)N6C(=O)C(NC(=O)OC)C(C)C)[nH]c5c4)c4c3C3CCC4C3)cc2)[nH]1)C(C)C. The number of carbonyl (C=O) groups excluding carboxylic acids is 4. The lowest BCUT2D eigenvalue weighted by atomic mass is 9.81. The molecule has 14 heteroatoms. The van der Waals surface area contributed by atoms with E-state index < -0.39 is 24.3 Å². The lowest BCUT2D eigenvalue weighted by Crippen LogP contribution is -2.52. The van der Waals surface area contributed by atoms with Crippen LogP contribution in [0.15, 0.2) is 60.8 Å². The van der Waals surface area contributed by atoms with E-state index in [0.29, 0.717) is 18.4 Å². The van der Waals surface area contributed by atoms with Crippen LogP contribution in [0.25, 0.3) is 44.5 Å². The molecule has 3 aromatic carbocycles. The number of alkyl carbamates (subject to hydrolysis) is 2. The lowest BCUT2D eigenvalue weighted by Gasteiger charge is -2.32. The monoisotopic (exact) mass is 882 g/mol. The van der Waals surface area contributed by atoms with E-state index >= 15 is 0 Å². The molecule has 0 radical (unpaired) electrons. The summed E-state index contributed by atoms with van der Waals surface area (Å²) in [6.07, 6.45) is 6.59. The molecule has 4 heterocycles. The lowest BCUT2D eigenvalue weighted by molar-refractivity contribution is -0.137. The minimum atomic E-state index is -0.704. The maximum atomic E-state index is 14.0. The highest BCUT2D eigenvalue weighted by atomic mass is 16.5. The first-order chi connectivity index (χ1) is 31.2. The fourth-order valence-electron chi connectivity index (χ4n) is 11.3. The van der Waals surface area contributed by atoms with Crippen LogP contribution in [-0.2, 0) is 19.1 Å². The number of likely N-dealkylation sites (tertiary alicyclic amines) is 2. The van der Waals surface area contributed by atoms with E-state index in [0.717, 1.165) is 58.8 Å². The Morgan fingerprint density at radius 2 is 1.29 bits per heavy atom. The molecule has 8 atom stereocenters. The number of amides is 4. The number of methoxy groups -OCH3 is 2. The Labute approximate surface area is 380 Å². The quantitative estimate of drug-likeness (QED) is 0.102. The number of aromatic nitrogens is 4. The van der Waals surface area contributed by atoms with Crippen molar-refractivity contribution in [3.8, 4) is 33.5 Å². The van der Waals surface area contributed by atoms with Gasteiger partial charge in [0.1, 0.15) is 23.7 Å². The number of imidazole rings is 2. The van der Waals surface area contributed by atoms with E-state index in [9.17, 15) is 19.2 Å². The van der Waals surface area contributed by atoms with Crippen molar-refractivity contribution in [1.29, 1.82) is 0 Å². The summed E-state index contributed by atoms with van der Waals surface area (Å²) in [5.41, 5.74) is 11.5. The van der Waals surface area contributed by atoms with Crippen molar-refractivity contribution in [2.75, 3.05) is 20.8 Å². The molecule has 5 aromatic rings. The second-order valence-electron chi connectivity index (χ2n) is 19.6. The number of carbonyl (C=O) groups is 4. The van der Waals surface area contributed by atoms with E-state index in [1.807, 2.05) is 43.7 Å².